The highest BCUT2D eigenvalue weighted by Gasteiger charge is 2.35. The van der Waals surface area contributed by atoms with Crippen molar-refractivity contribution in [2.24, 2.45) is 0 Å². The lowest BCUT2D eigenvalue weighted by Gasteiger charge is -2.29. The highest BCUT2D eigenvalue weighted by molar-refractivity contribution is 5.84. The molecule has 0 aliphatic heterocycles. The van der Waals surface area contributed by atoms with Gasteiger partial charge in [-0.05, 0) is 62.7 Å². The molecular weight excluding hydrogens is 494 g/mol. The molecule has 0 aromatic heterocycles. The van der Waals surface area contributed by atoms with Crippen LogP contribution in [0.2, 0.25) is 0 Å². The van der Waals surface area contributed by atoms with Crippen LogP contribution in [0, 0.1) is 0 Å². The van der Waals surface area contributed by atoms with Crippen molar-refractivity contribution in [1.29, 1.82) is 0 Å². The summed E-state index contributed by atoms with van der Waals surface area (Å²) in [4.78, 5) is 2.48. The summed E-state index contributed by atoms with van der Waals surface area (Å²) in [5, 5.41) is 0. The minimum atomic E-state index is -0.0259. The number of anilines is 2. The van der Waals surface area contributed by atoms with Crippen LogP contribution in [-0.4, -0.2) is 0 Å². The van der Waals surface area contributed by atoms with E-state index >= 15 is 0 Å². The van der Waals surface area contributed by atoms with Crippen molar-refractivity contribution in [1.82, 2.24) is 0 Å². The zero-order valence-electron chi connectivity index (χ0n) is 23.6. The third kappa shape index (κ3) is 4.54. The average Bonchev–Trinajstić information content (AvgIpc) is 3.27. The molecule has 1 aliphatic rings. The molecule has 198 valence electrons. The van der Waals surface area contributed by atoms with E-state index in [4.69, 9.17) is 0 Å². The predicted octanol–water partition coefficient (Wildman–Crippen LogP) is 10.7. The Balaban J connectivity index is 1.36. The summed E-state index contributed by atoms with van der Waals surface area (Å²) in [5.41, 5.74) is 14.1. The first kappa shape index (κ1) is 25.1. The van der Waals surface area contributed by atoms with Gasteiger partial charge in [-0.3, -0.25) is 0 Å². The summed E-state index contributed by atoms with van der Waals surface area (Å²) in [6, 6.07) is 55.0. The predicted molar refractivity (Wildman–Crippen MR) is 174 cm³/mol. The first-order valence-electron chi connectivity index (χ1n) is 14.4. The molecule has 0 unspecified atom stereocenters. The van der Waals surface area contributed by atoms with Gasteiger partial charge in [0.25, 0.3) is 0 Å². The minimum absolute atomic E-state index is 0.0259. The van der Waals surface area contributed by atoms with E-state index in [-0.39, 0.29) is 5.41 Å². The summed E-state index contributed by atoms with van der Waals surface area (Å²) >= 11 is 0. The third-order valence-electron chi connectivity index (χ3n) is 8.53. The maximum atomic E-state index is 2.48. The third-order valence-corrected chi connectivity index (χ3v) is 8.53. The molecule has 0 saturated heterocycles. The molecular formula is C40H33N. The normalized spacial score (nSPS) is 12.9. The van der Waals surface area contributed by atoms with E-state index in [0.29, 0.717) is 0 Å². The molecule has 0 fully saturated rings. The maximum absolute atomic E-state index is 2.48. The second-order valence-corrected chi connectivity index (χ2v) is 11.4. The lowest BCUT2D eigenvalue weighted by molar-refractivity contribution is 0.659. The molecule has 1 nitrogen and oxygen atoms in total. The maximum Gasteiger partial charge on any atom is 0.0493 e. The molecule has 6 aromatic carbocycles. The Kier molecular flexibility index (Phi) is 6.29. The van der Waals surface area contributed by atoms with Crippen molar-refractivity contribution in [3.05, 3.63) is 168 Å². The molecule has 1 aliphatic carbocycles. The number of fused-ring (bicyclic) bond motifs is 3. The van der Waals surface area contributed by atoms with E-state index in [0.717, 1.165) is 6.54 Å². The number of benzene rings is 6. The standard InChI is InChI=1S/C40H33N/c1-40(2)37-22-11-9-21-35(37)36-25-24-29(26-38(36)40)28-41(33-19-13-18-32(27-33)30-14-5-3-6-15-30)39-23-12-10-20-34(39)31-16-7-4-8-17-31/h3-27H,28H2,1-2H3. The molecule has 7 rings (SSSR count). The molecule has 0 bridgehead atoms. The molecule has 6 aromatic rings. The smallest absolute Gasteiger partial charge is 0.0493 e. The molecule has 0 amide bonds. The Labute approximate surface area is 243 Å². The summed E-state index contributed by atoms with van der Waals surface area (Å²) < 4.78 is 0. The SMILES string of the molecule is CC1(C)c2ccccc2-c2ccc(CN(c3cccc(-c4ccccc4)c3)c3ccccc3-c3ccccc3)cc21. The van der Waals surface area contributed by atoms with Crippen molar-refractivity contribution < 1.29 is 0 Å². The second-order valence-electron chi connectivity index (χ2n) is 11.4. The molecule has 0 saturated carbocycles. The van der Waals surface area contributed by atoms with Gasteiger partial charge in [0.05, 0.1) is 0 Å². The fourth-order valence-electron chi connectivity index (χ4n) is 6.40. The van der Waals surface area contributed by atoms with Crippen molar-refractivity contribution >= 4 is 11.4 Å². The van der Waals surface area contributed by atoms with Gasteiger partial charge in [-0.15, -0.1) is 0 Å². The fraction of sp³-hybridized carbons (Fsp3) is 0.100. The fourth-order valence-corrected chi connectivity index (χ4v) is 6.40. The number of hydrogen-bond donors (Lipinski definition) is 0. The molecule has 1 heteroatoms. The van der Waals surface area contributed by atoms with Crippen LogP contribution in [0.15, 0.2) is 152 Å². The second kappa shape index (κ2) is 10.3. The first-order valence-corrected chi connectivity index (χ1v) is 14.4. The van der Waals surface area contributed by atoms with Gasteiger partial charge in [-0.2, -0.15) is 0 Å². The molecule has 0 N–H and O–H groups in total. The van der Waals surface area contributed by atoms with E-state index in [1.807, 2.05) is 0 Å². The number of hydrogen-bond acceptors (Lipinski definition) is 1. The number of nitrogens with zero attached hydrogens (tertiary/aromatic N) is 1. The van der Waals surface area contributed by atoms with E-state index in [2.05, 4.69) is 170 Å². The van der Waals surface area contributed by atoms with Crippen LogP contribution in [0.25, 0.3) is 33.4 Å². The molecule has 0 heterocycles. The van der Waals surface area contributed by atoms with Crippen molar-refractivity contribution in [2.45, 2.75) is 25.8 Å². The van der Waals surface area contributed by atoms with Gasteiger partial charge in [0, 0.05) is 28.9 Å². The topological polar surface area (TPSA) is 3.24 Å². The zero-order chi connectivity index (χ0) is 27.8. The molecule has 0 radical (unpaired) electrons. The summed E-state index contributed by atoms with van der Waals surface area (Å²) in [6.07, 6.45) is 0. The van der Waals surface area contributed by atoms with Gasteiger partial charge in [0.2, 0.25) is 0 Å². The first-order chi connectivity index (χ1) is 20.1. The van der Waals surface area contributed by atoms with Gasteiger partial charge < -0.3 is 4.90 Å². The summed E-state index contributed by atoms with van der Waals surface area (Å²) in [7, 11) is 0. The van der Waals surface area contributed by atoms with Gasteiger partial charge in [-0.25, -0.2) is 0 Å². The van der Waals surface area contributed by atoms with Crippen LogP contribution in [0.4, 0.5) is 11.4 Å². The molecule has 0 atom stereocenters. The van der Waals surface area contributed by atoms with E-state index in [1.54, 1.807) is 0 Å². The van der Waals surface area contributed by atoms with Crippen LogP contribution < -0.4 is 4.90 Å². The Morgan fingerprint density at radius 2 is 1.07 bits per heavy atom. The zero-order valence-corrected chi connectivity index (χ0v) is 23.6. The highest BCUT2D eigenvalue weighted by atomic mass is 15.1. The largest absolute Gasteiger partial charge is 0.336 e. The van der Waals surface area contributed by atoms with Crippen LogP contribution >= 0.6 is 0 Å². The summed E-state index contributed by atoms with van der Waals surface area (Å²) in [6.45, 7) is 5.47. The lowest BCUT2D eigenvalue weighted by Crippen LogP contribution is -2.19. The lowest BCUT2D eigenvalue weighted by atomic mass is 9.82. The van der Waals surface area contributed by atoms with Crippen molar-refractivity contribution in [2.75, 3.05) is 4.90 Å². The highest BCUT2D eigenvalue weighted by Crippen LogP contribution is 2.49. The Bertz CT molecular complexity index is 1830. The van der Waals surface area contributed by atoms with Crippen molar-refractivity contribution in [3.63, 3.8) is 0 Å². The number of para-hydroxylation sites is 1. The van der Waals surface area contributed by atoms with E-state index in [9.17, 15) is 0 Å². The van der Waals surface area contributed by atoms with Gasteiger partial charge in [-0.1, -0.05) is 147 Å². The van der Waals surface area contributed by atoms with Gasteiger partial charge in [0.1, 0.15) is 0 Å². The summed E-state index contributed by atoms with van der Waals surface area (Å²) in [5.74, 6) is 0. The van der Waals surface area contributed by atoms with E-state index in [1.165, 1.54) is 61.4 Å². The van der Waals surface area contributed by atoms with Crippen LogP contribution in [-0.2, 0) is 12.0 Å². The monoisotopic (exact) mass is 527 g/mol. The minimum Gasteiger partial charge on any atom is -0.336 e. The number of rotatable bonds is 6. The van der Waals surface area contributed by atoms with Crippen LogP contribution in [0.5, 0.6) is 0 Å². The molecule has 41 heavy (non-hydrogen) atoms. The van der Waals surface area contributed by atoms with Crippen molar-refractivity contribution in [3.8, 4) is 33.4 Å². The van der Waals surface area contributed by atoms with Crippen LogP contribution in [0.3, 0.4) is 0 Å². The average molecular weight is 528 g/mol. The Hall–Kier alpha value is -4.88. The van der Waals surface area contributed by atoms with E-state index < -0.39 is 0 Å². The molecule has 0 spiro atoms. The Morgan fingerprint density at radius 3 is 1.85 bits per heavy atom. The van der Waals surface area contributed by atoms with Crippen LogP contribution in [0.1, 0.15) is 30.5 Å². The quantitative estimate of drug-likeness (QED) is 0.208. The van der Waals surface area contributed by atoms with Gasteiger partial charge >= 0.3 is 0 Å². The van der Waals surface area contributed by atoms with Gasteiger partial charge in [0.15, 0.2) is 0 Å². The Morgan fingerprint density at radius 1 is 0.463 bits per heavy atom.